The van der Waals surface area contributed by atoms with E-state index in [0.717, 1.165) is 25.7 Å². The van der Waals surface area contributed by atoms with Gasteiger partial charge in [-0.1, -0.05) is 44.4 Å². The lowest BCUT2D eigenvalue weighted by molar-refractivity contribution is 0.360. The molecule has 4 heteroatoms. The molecule has 0 bridgehead atoms. The third-order valence-corrected chi connectivity index (χ3v) is 4.51. The second kappa shape index (κ2) is 7.46. The summed E-state index contributed by atoms with van der Waals surface area (Å²) in [5.74, 6) is -0.0810. The average molecular weight is 337 g/mol. The first-order chi connectivity index (χ1) is 8.52. The Hall–Kier alpha value is -0.120. The van der Waals surface area contributed by atoms with Crippen LogP contribution in [-0.2, 0) is 0 Å². The van der Waals surface area contributed by atoms with Gasteiger partial charge in [-0.05, 0) is 40.8 Å². The number of hydrogen-bond acceptors (Lipinski definition) is 1. The summed E-state index contributed by atoms with van der Waals surface area (Å²) in [6, 6.07) is 3.21. The highest BCUT2D eigenvalue weighted by Gasteiger charge is 2.22. The van der Waals surface area contributed by atoms with Gasteiger partial charge in [0.25, 0.3) is 0 Å². The fraction of sp³-hybridized carbons (Fsp3) is 0.571. The number of rotatable bonds is 6. The Kier molecular flexibility index (Phi) is 6.61. The van der Waals surface area contributed by atoms with E-state index in [2.05, 4.69) is 29.8 Å². The molecule has 0 aliphatic heterocycles. The summed E-state index contributed by atoms with van der Waals surface area (Å²) in [5.41, 5.74) is 6.74. The third kappa shape index (κ3) is 3.69. The lowest BCUT2D eigenvalue weighted by atomic mass is 9.86. The number of halogens is 3. The Morgan fingerprint density at radius 3 is 2.33 bits per heavy atom. The molecule has 0 saturated carbocycles. The van der Waals surface area contributed by atoms with Crippen molar-refractivity contribution in [3.63, 3.8) is 0 Å². The standard InChI is InChI=1S/C14H20BrClFN/c1-3-5-9(6-4-2)14(18)10-7-8-11(15)12(16)13(10)17/h7-9,14H,3-6,18H2,1-2H3. The van der Waals surface area contributed by atoms with Gasteiger partial charge in [0.2, 0.25) is 0 Å². The predicted octanol–water partition coefficient (Wildman–Crippen LogP) is 5.46. The minimum absolute atomic E-state index is 0.120. The summed E-state index contributed by atoms with van der Waals surface area (Å²) in [4.78, 5) is 0. The summed E-state index contributed by atoms with van der Waals surface area (Å²) in [5, 5.41) is 0.120. The maximum absolute atomic E-state index is 14.1. The summed E-state index contributed by atoms with van der Waals surface area (Å²) < 4.78 is 14.7. The molecule has 0 aliphatic carbocycles. The Bertz CT molecular complexity index is 392. The molecular formula is C14H20BrClFN. The first-order valence-electron chi connectivity index (χ1n) is 6.41. The molecule has 0 aromatic heterocycles. The molecule has 0 heterocycles. The van der Waals surface area contributed by atoms with Gasteiger partial charge in [0.15, 0.2) is 0 Å². The van der Waals surface area contributed by atoms with E-state index in [4.69, 9.17) is 17.3 Å². The van der Waals surface area contributed by atoms with E-state index in [1.807, 2.05) is 0 Å². The number of hydrogen-bond donors (Lipinski definition) is 1. The first-order valence-corrected chi connectivity index (χ1v) is 7.58. The van der Waals surface area contributed by atoms with Crippen molar-refractivity contribution in [3.05, 3.63) is 33.0 Å². The molecule has 1 aromatic rings. The Balaban J connectivity index is 3.00. The second-order valence-corrected chi connectivity index (χ2v) is 5.86. The lowest BCUT2D eigenvalue weighted by Gasteiger charge is -2.24. The second-order valence-electron chi connectivity index (χ2n) is 4.63. The van der Waals surface area contributed by atoms with Crippen LogP contribution < -0.4 is 5.73 Å². The molecule has 0 radical (unpaired) electrons. The van der Waals surface area contributed by atoms with Crippen LogP contribution in [0.3, 0.4) is 0 Å². The van der Waals surface area contributed by atoms with Crippen molar-refractivity contribution in [1.29, 1.82) is 0 Å². The zero-order valence-corrected chi connectivity index (χ0v) is 13.2. The van der Waals surface area contributed by atoms with Crippen LogP contribution in [0.15, 0.2) is 16.6 Å². The molecule has 2 N–H and O–H groups in total. The molecule has 1 rings (SSSR count). The summed E-state index contributed by atoms with van der Waals surface area (Å²) in [6.07, 6.45) is 4.15. The number of nitrogens with two attached hydrogens (primary N) is 1. The molecule has 0 spiro atoms. The highest BCUT2D eigenvalue weighted by Crippen LogP contribution is 2.34. The monoisotopic (exact) mass is 335 g/mol. The van der Waals surface area contributed by atoms with Crippen molar-refractivity contribution in [3.8, 4) is 0 Å². The molecule has 1 atom stereocenters. The molecule has 1 aromatic carbocycles. The van der Waals surface area contributed by atoms with Crippen molar-refractivity contribution in [2.45, 2.75) is 45.6 Å². The Morgan fingerprint density at radius 1 is 1.28 bits per heavy atom. The van der Waals surface area contributed by atoms with Crippen LogP contribution in [0.5, 0.6) is 0 Å². The highest BCUT2D eigenvalue weighted by molar-refractivity contribution is 9.10. The molecule has 0 saturated heterocycles. The van der Waals surface area contributed by atoms with Crippen molar-refractivity contribution in [2.75, 3.05) is 0 Å². The van der Waals surface area contributed by atoms with E-state index in [1.165, 1.54) is 0 Å². The van der Waals surface area contributed by atoms with Crippen LogP contribution in [0.2, 0.25) is 5.02 Å². The van der Waals surface area contributed by atoms with E-state index >= 15 is 0 Å². The summed E-state index contributed by atoms with van der Waals surface area (Å²) in [6.45, 7) is 4.25. The predicted molar refractivity (Wildman–Crippen MR) is 79.3 cm³/mol. The van der Waals surface area contributed by atoms with E-state index < -0.39 is 5.82 Å². The molecule has 1 unspecified atom stereocenters. The average Bonchev–Trinajstić information content (AvgIpc) is 2.35. The van der Waals surface area contributed by atoms with Crippen LogP contribution in [0, 0.1) is 11.7 Å². The molecule has 1 nitrogen and oxygen atoms in total. The largest absolute Gasteiger partial charge is 0.324 e. The Morgan fingerprint density at radius 2 is 1.83 bits per heavy atom. The van der Waals surface area contributed by atoms with Gasteiger partial charge in [-0.2, -0.15) is 0 Å². The summed E-state index contributed by atoms with van der Waals surface area (Å²) in [7, 11) is 0. The van der Waals surface area contributed by atoms with Crippen molar-refractivity contribution >= 4 is 27.5 Å². The minimum atomic E-state index is -0.393. The fourth-order valence-corrected chi connectivity index (χ4v) is 2.78. The molecule has 0 aliphatic rings. The molecule has 0 fully saturated rings. The van der Waals surface area contributed by atoms with Gasteiger partial charge in [-0.3, -0.25) is 0 Å². The van der Waals surface area contributed by atoms with Gasteiger partial charge in [-0.15, -0.1) is 0 Å². The van der Waals surface area contributed by atoms with Gasteiger partial charge in [0.05, 0.1) is 5.02 Å². The van der Waals surface area contributed by atoms with Gasteiger partial charge in [0, 0.05) is 16.1 Å². The molecule has 18 heavy (non-hydrogen) atoms. The van der Waals surface area contributed by atoms with Crippen molar-refractivity contribution < 1.29 is 4.39 Å². The molecule has 102 valence electrons. The maximum atomic E-state index is 14.1. The van der Waals surface area contributed by atoms with Crippen LogP contribution in [-0.4, -0.2) is 0 Å². The normalized spacial score (nSPS) is 13.1. The maximum Gasteiger partial charge on any atom is 0.147 e. The zero-order valence-electron chi connectivity index (χ0n) is 10.8. The van der Waals surface area contributed by atoms with Gasteiger partial charge in [-0.25, -0.2) is 4.39 Å². The van der Waals surface area contributed by atoms with Crippen LogP contribution in [0.4, 0.5) is 4.39 Å². The highest BCUT2D eigenvalue weighted by atomic mass is 79.9. The Labute approximate surface area is 122 Å². The molecular weight excluding hydrogens is 317 g/mol. The first kappa shape index (κ1) is 15.9. The smallest absolute Gasteiger partial charge is 0.147 e. The topological polar surface area (TPSA) is 26.0 Å². The third-order valence-electron chi connectivity index (χ3n) is 3.25. The SMILES string of the molecule is CCCC(CCC)C(N)c1ccc(Br)c(Cl)c1F. The van der Waals surface area contributed by atoms with Gasteiger partial charge < -0.3 is 5.73 Å². The minimum Gasteiger partial charge on any atom is -0.324 e. The summed E-state index contributed by atoms with van der Waals surface area (Å²) >= 11 is 9.12. The van der Waals surface area contributed by atoms with Crippen LogP contribution >= 0.6 is 27.5 Å². The van der Waals surface area contributed by atoms with E-state index in [9.17, 15) is 4.39 Å². The van der Waals surface area contributed by atoms with Crippen LogP contribution in [0.1, 0.15) is 51.1 Å². The molecule has 0 amide bonds. The lowest BCUT2D eigenvalue weighted by Crippen LogP contribution is -2.22. The van der Waals surface area contributed by atoms with Gasteiger partial charge in [0.1, 0.15) is 5.82 Å². The van der Waals surface area contributed by atoms with Crippen molar-refractivity contribution in [1.82, 2.24) is 0 Å². The van der Waals surface area contributed by atoms with E-state index in [1.54, 1.807) is 12.1 Å². The van der Waals surface area contributed by atoms with Crippen LogP contribution in [0.25, 0.3) is 0 Å². The fourth-order valence-electron chi connectivity index (χ4n) is 2.30. The quantitative estimate of drug-likeness (QED) is 0.686. The van der Waals surface area contributed by atoms with Crippen molar-refractivity contribution in [2.24, 2.45) is 11.7 Å². The number of benzene rings is 1. The zero-order chi connectivity index (χ0) is 13.7. The van der Waals surface area contributed by atoms with Gasteiger partial charge >= 0.3 is 0 Å². The van der Waals surface area contributed by atoms with E-state index in [0.29, 0.717) is 16.0 Å². The van der Waals surface area contributed by atoms with E-state index in [-0.39, 0.29) is 11.1 Å².